The molecule has 0 bridgehead atoms. The molecule has 7 heteroatoms. The number of hydrogen-bond donors (Lipinski definition) is 1. The van der Waals surface area contributed by atoms with Gasteiger partial charge in [-0.25, -0.2) is 9.97 Å². The van der Waals surface area contributed by atoms with Crippen LogP contribution >= 0.6 is 0 Å². The normalized spacial score (nSPS) is 16.1. The van der Waals surface area contributed by atoms with Crippen molar-refractivity contribution in [3.63, 3.8) is 0 Å². The van der Waals surface area contributed by atoms with Crippen LogP contribution in [0, 0.1) is 10.1 Å². The van der Waals surface area contributed by atoms with Gasteiger partial charge in [0.2, 0.25) is 0 Å². The lowest BCUT2D eigenvalue weighted by atomic mass is 9.96. The van der Waals surface area contributed by atoms with Crippen molar-refractivity contribution in [1.82, 2.24) is 15.0 Å². The van der Waals surface area contributed by atoms with Gasteiger partial charge in [0, 0.05) is 24.4 Å². The minimum atomic E-state index is -0.343. The van der Waals surface area contributed by atoms with Crippen molar-refractivity contribution in [3.8, 4) is 0 Å². The molecule has 1 aromatic carbocycles. The molecule has 1 aliphatic carbocycles. The van der Waals surface area contributed by atoms with Crippen LogP contribution in [0.2, 0.25) is 0 Å². The number of nitrogens with zero attached hydrogens (tertiary/aromatic N) is 4. The molecule has 2 aliphatic rings. The van der Waals surface area contributed by atoms with Gasteiger partial charge in [0.25, 0.3) is 5.69 Å². The summed E-state index contributed by atoms with van der Waals surface area (Å²) in [5, 5.41) is 12.2. The van der Waals surface area contributed by atoms with E-state index in [2.05, 4.69) is 19.9 Å². The Morgan fingerprint density at radius 1 is 1.16 bits per heavy atom. The molecule has 3 heterocycles. The molecule has 126 valence electrons. The Balaban J connectivity index is 1.70. The fourth-order valence-corrected chi connectivity index (χ4v) is 4.12. The SMILES string of the molecule is O=[N+]([O-])c1ccc2c(c1)N(c1ncnc3[nH]c4c(c13)CCCC4)CC2. The van der Waals surface area contributed by atoms with Crippen molar-refractivity contribution in [2.24, 2.45) is 0 Å². The van der Waals surface area contributed by atoms with Gasteiger partial charge in [-0.3, -0.25) is 10.1 Å². The number of nitro benzene ring substituents is 1. The van der Waals surface area contributed by atoms with Crippen LogP contribution in [0.4, 0.5) is 17.2 Å². The molecule has 0 atom stereocenters. The highest BCUT2D eigenvalue weighted by Gasteiger charge is 2.28. The standard InChI is InChI=1S/C18H17N5O2/c24-23(25)12-6-5-11-7-8-22(15(11)9-12)18-16-13-3-1-2-4-14(13)21-17(16)19-10-20-18/h5-6,9-10H,1-4,7-8H2,(H,19,20,21). The molecule has 0 fully saturated rings. The van der Waals surface area contributed by atoms with Crippen molar-refractivity contribution < 1.29 is 4.92 Å². The quantitative estimate of drug-likeness (QED) is 0.572. The van der Waals surface area contributed by atoms with E-state index < -0.39 is 0 Å². The van der Waals surface area contributed by atoms with Gasteiger partial charge in [0.05, 0.1) is 16.0 Å². The zero-order valence-electron chi connectivity index (χ0n) is 13.7. The lowest BCUT2D eigenvalue weighted by Crippen LogP contribution is -2.16. The van der Waals surface area contributed by atoms with E-state index in [0.717, 1.165) is 53.9 Å². The minimum absolute atomic E-state index is 0.118. The van der Waals surface area contributed by atoms with E-state index in [1.165, 1.54) is 24.1 Å². The van der Waals surface area contributed by atoms with Crippen LogP contribution in [0.25, 0.3) is 11.0 Å². The fraction of sp³-hybridized carbons (Fsp3) is 0.333. The van der Waals surface area contributed by atoms with E-state index in [-0.39, 0.29) is 10.6 Å². The summed E-state index contributed by atoms with van der Waals surface area (Å²) in [6.07, 6.45) is 6.90. The third kappa shape index (κ3) is 2.12. The van der Waals surface area contributed by atoms with E-state index >= 15 is 0 Å². The lowest BCUT2D eigenvalue weighted by molar-refractivity contribution is -0.384. The predicted molar refractivity (Wildman–Crippen MR) is 94.3 cm³/mol. The van der Waals surface area contributed by atoms with Crippen LogP contribution in [0.5, 0.6) is 0 Å². The lowest BCUT2D eigenvalue weighted by Gasteiger charge is -2.20. The molecule has 0 radical (unpaired) electrons. The molecule has 2 aromatic heterocycles. The Kier molecular flexibility index (Phi) is 3.03. The molecular weight excluding hydrogens is 318 g/mol. The Bertz CT molecular complexity index is 1010. The number of nitro groups is 1. The monoisotopic (exact) mass is 335 g/mol. The average molecular weight is 335 g/mol. The number of aryl methyl sites for hydroxylation is 2. The molecule has 0 spiro atoms. The Labute approximate surface area is 143 Å². The highest BCUT2D eigenvalue weighted by molar-refractivity contribution is 5.95. The summed E-state index contributed by atoms with van der Waals surface area (Å²) in [5.41, 5.74) is 5.58. The number of anilines is 2. The summed E-state index contributed by atoms with van der Waals surface area (Å²) in [7, 11) is 0. The van der Waals surface area contributed by atoms with Crippen molar-refractivity contribution in [2.45, 2.75) is 32.1 Å². The number of non-ortho nitro benzene ring substituents is 1. The molecule has 7 nitrogen and oxygen atoms in total. The number of rotatable bonds is 2. The van der Waals surface area contributed by atoms with Crippen LogP contribution < -0.4 is 4.90 Å². The average Bonchev–Trinajstić information content (AvgIpc) is 3.22. The second-order valence-corrected chi connectivity index (χ2v) is 6.68. The van der Waals surface area contributed by atoms with E-state index in [1.54, 1.807) is 18.5 Å². The van der Waals surface area contributed by atoms with Crippen LogP contribution in [-0.4, -0.2) is 26.4 Å². The number of fused-ring (bicyclic) bond motifs is 4. The van der Waals surface area contributed by atoms with Crippen LogP contribution in [0.1, 0.15) is 29.7 Å². The predicted octanol–water partition coefficient (Wildman–Crippen LogP) is 3.44. The van der Waals surface area contributed by atoms with E-state index in [9.17, 15) is 10.1 Å². The van der Waals surface area contributed by atoms with Crippen molar-refractivity contribution in [2.75, 3.05) is 11.4 Å². The number of aromatic nitrogens is 3. The van der Waals surface area contributed by atoms with Gasteiger partial charge in [0.15, 0.2) is 0 Å². The maximum atomic E-state index is 11.2. The third-order valence-electron chi connectivity index (χ3n) is 5.30. The number of benzene rings is 1. The van der Waals surface area contributed by atoms with Gasteiger partial charge in [-0.05, 0) is 43.2 Å². The van der Waals surface area contributed by atoms with E-state index in [1.807, 2.05) is 6.07 Å². The maximum Gasteiger partial charge on any atom is 0.271 e. The number of aromatic amines is 1. The number of nitrogens with one attached hydrogen (secondary N) is 1. The first-order valence-electron chi connectivity index (χ1n) is 8.61. The topological polar surface area (TPSA) is 87.9 Å². The van der Waals surface area contributed by atoms with Gasteiger partial charge in [0.1, 0.15) is 17.8 Å². The van der Waals surface area contributed by atoms with Gasteiger partial charge >= 0.3 is 0 Å². The van der Waals surface area contributed by atoms with Crippen molar-refractivity contribution in [3.05, 3.63) is 51.5 Å². The molecule has 5 rings (SSSR count). The Hall–Kier alpha value is -2.96. The first kappa shape index (κ1) is 14.4. The molecule has 0 saturated heterocycles. The van der Waals surface area contributed by atoms with E-state index in [4.69, 9.17) is 0 Å². The van der Waals surface area contributed by atoms with Gasteiger partial charge < -0.3 is 9.88 Å². The summed E-state index contributed by atoms with van der Waals surface area (Å²) in [5.74, 6) is 0.864. The highest BCUT2D eigenvalue weighted by Crippen LogP contribution is 2.40. The van der Waals surface area contributed by atoms with Gasteiger partial charge in [-0.2, -0.15) is 0 Å². The summed E-state index contributed by atoms with van der Waals surface area (Å²) in [4.78, 5) is 25.4. The molecule has 0 amide bonds. The van der Waals surface area contributed by atoms with Crippen molar-refractivity contribution >= 4 is 28.2 Å². The largest absolute Gasteiger partial charge is 0.343 e. The first-order chi connectivity index (χ1) is 12.2. The van der Waals surface area contributed by atoms with Gasteiger partial charge in [-0.15, -0.1) is 0 Å². The maximum absolute atomic E-state index is 11.2. The van der Waals surface area contributed by atoms with Crippen LogP contribution in [0.15, 0.2) is 24.5 Å². The fourth-order valence-electron chi connectivity index (χ4n) is 4.12. The summed E-state index contributed by atoms with van der Waals surface area (Å²) in [6, 6.07) is 5.10. The van der Waals surface area contributed by atoms with Crippen LogP contribution in [0.3, 0.4) is 0 Å². The highest BCUT2D eigenvalue weighted by atomic mass is 16.6. The first-order valence-corrected chi connectivity index (χ1v) is 8.61. The van der Waals surface area contributed by atoms with Gasteiger partial charge in [-0.1, -0.05) is 6.07 Å². The summed E-state index contributed by atoms with van der Waals surface area (Å²) in [6.45, 7) is 0.780. The third-order valence-corrected chi connectivity index (χ3v) is 5.30. The number of H-pyrrole nitrogens is 1. The smallest absolute Gasteiger partial charge is 0.271 e. The van der Waals surface area contributed by atoms with Crippen molar-refractivity contribution in [1.29, 1.82) is 0 Å². The van der Waals surface area contributed by atoms with Crippen LogP contribution in [-0.2, 0) is 19.3 Å². The Morgan fingerprint density at radius 3 is 2.92 bits per heavy atom. The minimum Gasteiger partial charge on any atom is -0.343 e. The molecule has 25 heavy (non-hydrogen) atoms. The second kappa shape index (κ2) is 5.27. The Morgan fingerprint density at radius 2 is 2.04 bits per heavy atom. The zero-order valence-corrected chi connectivity index (χ0v) is 13.7. The number of hydrogen-bond acceptors (Lipinski definition) is 5. The molecule has 3 aromatic rings. The molecule has 0 unspecified atom stereocenters. The summed E-state index contributed by atoms with van der Waals surface area (Å²) >= 11 is 0. The molecular formula is C18H17N5O2. The zero-order chi connectivity index (χ0) is 17.0. The molecule has 0 saturated carbocycles. The van der Waals surface area contributed by atoms with E-state index in [0.29, 0.717) is 0 Å². The second-order valence-electron chi connectivity index (χ2n) is 6.68. The molecule has 1 aliphatic heterocycles. The summed E-state index contributed by atoms with van der Waals surface area (Å²) < 4.78 is 0. The molecule has 1 N–H and O–H groups in total.